The normalized spacial score (nSPS) is 10.9. The molecule has 0 aromatic carbocycles. The third-order valence-corrected chi connectivity index (χ3v) is 3.69. The first-order valence-electron chi connectivity index (χ1n) is 7.81. The summed E-state index contributed by atoms with van der Waals surface area (Å²) in [6.45, 7) is 4.29. The third kappa shape index (κ3) is 3.05. The molecule has 0 radical (unpaired) electrons. The number of nitrogens with two attached hydrogens (primary N) is 1. The zero-order valence-electron chi connectivity index (χ0n) is 13.7. The average molecular weight is 325 g/mol. The average Bonchev–Trinajstić information content (AvgIpc) is 2.90. The van der Waals surface area contributed by atoms with Gasteiger partial charge in [-0.05, 0) is 38.5 Å². The molecule has 0 saturated heterocycles. The van der Waals surface area contributed by atoms with E-state index in [0.717, 1.165) is 5.69 Å². The number of Topliss-reactive ketones (excluding diaryl/α,β-unsaturated/α-hetero) is 1. The van der Waals surface area contributed by atoms with Gasteiger partial charge in [0.25, 0.3) is 0 Å². The maximum atomic E-state index is 12.7. The molecule has 24 heavy (non-hydrogen) atoms. The van der Waals surface area contributed by atoms with Crippen LogP contribution in [0.25, 0.3) is 5.65 Å². The number of hydrogen-bond acceptors (Lipinski definition) is 6. The molecule has 0 atom stereocenters. The lowest BCUT2D eigenvalue weighted by molar-refractivity contribution is 0.0976. The highest BCUT2D eigenvalue weighted by molar-refractivity contribution is 5.96. The van der Waals surface area contributed by atoms with E-state index in [1.807, 2.05) is 32.2 Å². The largest absolute Gasteiger partial charge is 0.490 e. The van der Waals surface area contributed by atoms with E-state index < -0.39 is 0 Å². The Kier molecular flexibility index (Phi) is 4.41. The summed E-state index contributed by atoms with van der Waals surface area (Å²) in [6, 6.07) is 5.46. The van der Waals surface area contributed by atoms with Gasteiger partial charge in [0.1, 0.15) is 5.69 Å². The van der Waals surface area contributed by atoms with E-state index in [1.165, 1.54) is 0 Å². The van der Waals surface area contributed by atoms with Crippen LogP contribution in [0.15, 0.2) is 30.6 Å². The van der Waals surface area contributed by atoms with Crippen LogP contribution in [0, 0.1) is 6.92 Å². The summed E-state index contributed by atoms with van der Waals surface area (Å²) in [5.74, 6) is 0.892. The number of aromatic nitrogens is 4. The van der Waals surface area contributed by atoms with E-state index in [9.17, 15) is 4.79 Å². The summed E-state index contributed by atoms with van der Waals surface area (Å²) in [5.41, 5.74) is 8.24. The second-order valence-electron chi connectivity index (χ2n) is 5.37. The predicted molar refractivity (Wildman–Crippen MR) is 90.2 cm³/mol. The van der Waals surface area contributed by atoms with Gasteiger partial charge in [-0.25, -0.2) is 15.0 Å². The number of ketones is 1. The number of hydrogen-bond donors (Lipinski definition) is 1. The third-order valence-electron chi connectivity index (χ3n) is 3.69. The Morgan fingerprint density at radius 1 is 1.33 bits per heavy atom. The number of aryl methyl sites for hydroxylation is 2. The van der Waals surface area contributed by atoms with E-state index in [2.05, 4.69) is 15.0 Å². The van der Waals surface area contributed by atoms with Crippen molar-refractivity contribution in [2.45, 2.75) is 26.7 Å². The van der Waals surface area contributed by atoms with E-state index in [1.54, 1.807) is 16.7 Å². The molecule has 0 aliphatic carbocycles. The summed E-state index contributed by atoms with van der Waals surface area (Å²) in [6.07, 6.45) is 4.25. The molecule has 124 valence electrons. The fraction of sp³-hybridized carbons (Fsp3) is 0.294. The Balaban J connectivity index is 1.87. The Labute approximate surface area is 139 Å². The molecular formula is C17H19N5O2. The molecule has 3 aromatic heterocycles. The van der Waals surface area contributed by atoms with Crippen molar-refractivity contribution < 1.29 is 9.53 Å². The maximum absolute atomic E-state index is 12.7. The number of nitrogens with zero attached hydrogens (tertiary/aromatic N) is 4. The summed E-state index contributed by atoms with van der Waals surface area (Å²) < 4.78 is 7.37. The van der Waals surface area contributed by atoms with Gasteiger partial charge in [0.2, 0.25) is 5.95 Å². The highest BCUT2D eigenvalue weighted by atomic mass is 16.5. The minimum absolute atomic E-state index is 0.00540. The fourth-order valence-electron chi connectivity index (χ4n) is 2.67. The van der Waals surface area contributed by atoms with Crippen LogP contribution in [0.2, 0.25) is 0 Å². The van der Waals surface area contributed by atoms with Crippen LogP contribution in [-0.4, -0.2) is 31.7 Å². The van der Waals surface area contributed by atoms with Gasteiger partial charge in [0.15, 0.2) is 17.2 Å². The first-order chi connectivity index (χ1) is 11.6. The topological polar surface area (TPSA) is 95.4 Å². The van der Waals surface area contributed by atoms with Gasteiger partial charge >= 0.3 is 0 Å². The van der Waals surface area contributed by atoms with E-state index in [0.29, 0.717) is 42.2 Å². The van der Waals surface area contributed by atoms with Crippen LogP contribution in [0.3, 0.4) is 0 Å². The molecule has 7 nitrogen and oxygen atoms in total. The molecule has 7 heteroatoms. The summed E-state index contributed by atoms with van der Waals surface area (Å²) in [4.78, 5) is 25.2. The van der Waals surface area contributed by atoms with Crippen molar-refractivity contribution in [3.05, 3.63) is 47.7 Å². The molecule has 0 spiro atoms. The number of carbonyl (C=O) groups excluding carboxylic acids is 1. The van der Waals surface area contributed by atoms with Crippen molar-refractivity contribution in [2.24, 2.45) is 0 Å². The molecular weight excluding hydrogens is 306 g/mol. The first kappa shape index (κ1) is 15.9. The van der Waals surface area contributed by atoms with Crippen LogP contribution in [0.1, 0.15) is 35.2 Å². The van der Waals surface area contributed by atoms with Crippen molar-refractivity contribution in [2.75, 3.05) is 12.3 Å². The molecule has 2 N–H and O–H groups in total. The van der Waals surface area contributed by atoms with Gasteiger partial charge in [0, 0.05) is 24.5 Å². The Morgan fingerprint density at radius 2 is 2.17 bits per heavy atom. The van der Waals surface area contributed by atoms with E-state index >= 15 is 0 Å². The lowest BCUT2D eigenvalue weighted by Gasteiger charge is -2.06. The Morgan fingerprint density at radius 3 is 2.92 bits per heavy atom. The molecule has 0 aliphatic heterocycles. The highest BCUT2D eigenvalue weighted by Gasteiger charge is 2.18. The van der Waals surface area contributed by atoms with Crippen LogP contribution < -0.4 is 10.5 Å². The van der Waals surface area contributed by atoms with Crippen molar-refractivity contribution in [3.63, 3.8) is 0 Å². The number of ether oxygens (including phenoxy) is 1. The number of rotatable bonds is 6. The standard InChI is InChI=1S/C17H19N5O2/c1-3-24-14-5-4-10-22-15(11(2)20-16(14)22)13(23)7-6-12-8-9-19-17(18)21-12/h4-5,8-10H,3,6-7H2,1-2H3,(H2,18,19,21). The van der Waals surface area contributed by atoms with Gasteiger partial charge in [-0.3, -0.25) is 9.20 Å². The Hall–Kier alpha value is -2.96. The molecule has 3 heterocycles. The van der Waals surface area contributed by atoms with Gasteiger partial charge in [-0.1, -0.05) is 0 Å². The first-order valence-corrected chi connectivity index (χ1v) is 7.81. The molecule has 0 aliphatic rings. The summed E-state index contributed by atoms with van der Waals surface area (Å²) >= 11 is 0. The lowest BCUT2D eigenvalue weighted by atomic mass is 10.1. The minimum atomic E-state index is 0.00540. The Bertz CT molecular complexity index is 888. The van der Waals surface area contributed by atoms with E-state index in [4.69, 9.17) is 10.5 Å². The minimum Gasteiger partial charge on any atom is -0.490 e. The van der Waals surface area contributed by atoms with Crippen molar-refractivity contribution in [1.82, 2.24) is 19.4 Å². The number of carbonyl (C=O) groups is 1. The van der Waals surface area contributed by atoms with E-state index in [-0.39, 0.29) is 11.7 Å². The number of pyridine rings is 1. The maximum Gasteiger partial charge on any atom is 0.220 e. The predicted octanol–water partition coefficient (Wildman–Crippen LogP) is 2.23. The lowest BCUT2D eigenvalue weighted by Crippen LogP contribution is -2.08. The zero-order valence-corrected chi connectivity index (χ0v) is 13.7. The number of fused-ring (bicyclic) bond motifs is 1. The fourth-order valence-corrected chi connectivity index (χ4v) is 2.67. The van der Waals surface area contributed by atoms with Crippen LogP contribution in [-0.2, 0) is 6.42 Å². The summed E-state index contributed by atoms with van der Waals surface area (Å²) in [7, 11) is 0. The SMILES string of the molecule is CCOc1cccn2c(C(=O)CCc3ccnc(N)n3)c(C)nc12. The van der Waals surface area contributed by atoms with Gasteiger partial charge in [-0.15, -0.1) is 0 Å². The molecule has 0 bridgehead atoms. The second-order valence-corrected chi connectivity index (χ2v) is 5.37. The molecule has 0 amide bonds. The van der Waals surface area contributed by atoms with Crippen LogP contribution in [0.5, 0.6) is 5.75 Å². The van der Waals surface area contributed by atoms with Crippen molar-refractivity contribution >= 4 is 17.4 Å². The monoisotopic (exact) mass is 325 g/mol. The van der Waals surface area contributed by atoms with Crippen LogP contribution >= 0.6 is 0 Å². The molecule has 0 unspecified atom stereocenters. The second kappa shape index (κ2) is 6.66. The smallest absolute Gasteiger partial charge is 0.220 e. The zero-order chi connectivity index (χ0) is 17.1. The number of anilines is 1. The van der Waals surface area contributed by atoms with Crippen molar-refractivity contribution in [3.8, 4) is 5.75 Å². The van der Waals surface area contributed by atoms with Crippen LogP contribution in [0.4, 0.5) is 5.95 Å². The molecule has 0 fully saturated rings. The van der Waals surface area contributed by atoms with Crippen molar-refractivity contribution in [1.29, 1.82) is 0 Å². The quantitative estimate of drug-likeness (QED) is 0.698. The molecule has 3 rings (SSSR count). The number of nitrogen functional groups attached to an aromatic ring is 1. The van der Waals surface area contributed by atoms with Gasteiger partial charge in [-0.2, -0.15) is 0 Å². The highest BCUT2D eigenvalue weighted by Crippen LogP contribution is 2.23. The van der Waals surface area contributed by atoms with Gasteiger partial charge in [0.05, 0.1) is 12.3 Å². The number of imidazole rings is 1. The molecule has 0 saturated carbocycles. The molecule has 3 aromatic rings. The van der Waals surface area contributed by atoms with Gasteiger partial charge < -0.3 is 10.5 Å². The summed E-state index contributed by atoms with van der Waals surface area (Å²) in [5, 5.41) is 0.